The van der Waals surface area contributed by atoms with E-state index in [2.05, 4.69) is 44.3 Å². The van der Waals surface area contributed by atoms with E-state index in [1.165, 1.54) is 5.57 Å². The minimum absolute atomic E-state index is 0. The predicted molar refractivity (Wildman–Crippen MR) is 79.9 cm³/mol. The van der Waals surface area contributed by atoms with Crippen molar-refractivity contribution in [2.24, 2.45) is 5.10 Å². The molecular formula is C14H33KN2. The molecule has 0 aliphatic heterocycles. The predicted octanol–water partition coefficient (Wildman–Crippen LogP) is 1.83. The van der Waals surface area contributed by atoms with Crippen molar-refractivity contribution < 1.29 is 51.4 Å². The molecule has 0 atom stereocenters. The van der Waals surface area contributed by atoms with Crippen molar-refractivity contribution in [3.63, 3.8) is 0 Å². The second-order valence-electron chi connectivity index (χ2n) is 3.71. The van der Waals surface area contributed by atoms with Crippen LogP contribution in [0.2, 0.25) is 0 Å². The Morgan fingerprint density at radius 2 is 1.35 bits per heavy atom. The Kier molecular flexibility index (Phi) is 46.3. The molecule has 0 aromatic rings. The van der Waals surface area contributed by atoms with Gasteiger partial charge in [0.1, 0.15) is 0 Å². The molecule has 0 aliphatic rings. The number of allylic oxidation sites excluding steroid dienone is 2. The van der Waals surface area contributed by atoms with Crippen molar-refractivity contribution in [3.8, 4) is 0 Å². The van der Waals surface area contributed by atoms with Crippen LogP contribution in [-0.2, 0) is 0 Å². The van der Waals surface area contributed by atoms with E-state index in [1.807, 2.05) is 34.6 Å². The van der Waals surface area contributed by atoms with Crippen LogP contribution >= 0.6 is 0 Å². The quantitative estimate of drug-likeness (QED) is 0.267. The van der Waals surface area contributed by atoms with Crippen molar-refractivity contribution in [2.75, 3.05) is 0 Å². The Labute approximate surface area is 153 Å². The van der Waals surface area contributed by atoms with Crippen LogP contribution in [0.1, 0.15) is 62.3 Å². The van der Waals surface area contributed by atoms with E-state index < -0.39 is 0 Å². The average molecular weight is 269 g/mol. The molecule has 0 aromatic carbocycles. The van der Waals surface area contributed by atoms with Gasteiger partial charge in [-0.1, -0.05) is 25.5 Å². The molecule has 0 radical (unpaired) electrons. The second kappa shape index (κ2) is 25.6. The van der Waals surface area contributed by atoms with Gasteiger partial charge in [0.2, 0.25) is 0 Å². The van der Waals surface area contributed by atoms with E-state index in [1.54, 1.807) is 0 Å². The number of rotatable bonds is 2. The maximum atomic E-state index is 3.99. The molecule has 17 heavy (non-hydrogen) atoms. The Bertz CT molecular complexity index is 165. The van der Waals surface area contributed by atoms with Crippen LogP contribution in [0.4, 0.5) is 0 Å². The molecule has 100 valence electrons. The molecular weight excluding hydrogens is 235 g/mol. The molecule has 0 rings (SSSR count). The molecule has 0 fully saturated rings. The molecule has 0 aliphatic carbocycles. The van der Waals surface area contributed by atoms with Gasteiger partial charge in [0, 0.05) is 11.8 Å². The Morgan fingerprint density at radius 3 is 1.41 bits per heavy atom. The molecule has 0 amide bonds. The molecule has 3 heteroatoms. The standard InChI is InChI=1S/C6H14N2.C5H10.C2H6.CH3.K/c1-5(2)7-8-6(3)4;1-4-5(2)3;1-2;;/h5,7H,1-4H3;4H,1-3H3;1-2H3;1H3;/q;;;-1;+1. The van der Waals surface area contributed by atoms with Gasteiger partial charge in [-0.25, -0.2) is 0 Å². The Hall–Kier alpha value is 0.846. The molecule has 0 bridgehead atoms. The maximum Gasteiger partial charge on any atom is 1.00 e. The summed E-state index contributed by atoms with van der Waals surface area (Å²) in [6.07, 6.45) is 2.08. The zero-order valence-corrected chi connectivity index (χ0v) is 17.2. The molecule has 0 heterocycles. The van der Waals surface area contributed by atoms with Gasteiger partial charge in [-0.05, 0) is 48.5 Å². The van der Waals surface area contributed by atoms with Gasteiger partial charge < -0.3 is 12.9 Å². The van der Waals surface area contributed by atoms with Crippen LogP contribution in [0.15, 0.2) is 16.8 Å². The second-order valence-corrected chi connectivity index (χ2v) is 3.71. The van der Waals surface area contributed by atoms with Gasteiger partial charge in [-0.15, -0.1) is 0 Å². The van der Waals surface area contributed by atoms with E-state index in [0.29, 0.717) is 6.04 Å². The first kappa shape index (κ1) is 30.7. The summed E-state index contributed by atoms with van der Waals surface area (Å²) in [6.45, 7) is 18.3. The molecule has 0 unspecified atom stereocenters. The van der Waals surface area contributed by atoms with Gasteiger partial charge in [-0.3, -0.25) is 0 Å². The first-order chi connectivity index (χ1) is 6.90. The first-order valence-electron chi connectivity index (χ1n) is 5.76. The summed E-state index contributed by atoms with van der Waals surface area (Å²) in [5.74, 6) is 0. The summed E-state index contributed by atoms with van der Waals surface area (Å²) >= 11 is 0. The van der Waals surface area contributed by atoms with E-state index in [4.69, 9.17) is 0 Å². The molecule has 0 aromatic heterocycles. The van der Waals surface area contributed by atoms with E-state index in [-0.39, 0.29) is 58.8 Å². The third kappa shape index (κ3) is 60.3. The SMILES string of the molecule is CC.CC(C)=NNC(C)C.CC=C(C)C.[CH3-].[K+]. The van der Waals surface area contributed by atoms with Crippen molar-refractivity contribution >= 4 is 5.71 Å². The minimum atomic E-state index is 0. The average Bonchev–Trinajstić information content (AvgIpc) is 2.19. The number of nitrogens with one attached hydrogen (secondary N) is 1. The maximum absolute atomic E-state index is 3.99. The van der Waals surface area contributed by atoms with Crippen molar-refractivity contribution in [3.05, 3.63) is 19.1 Å². The summed E-state index contributed by atoms with van der Waals surface area (Å²) < 4.78 is 0. The van der Waals surface area contributed by atoms with Gasteiger partial charge >= 0.3 is 51.4 Å². The molecule has 0 spiro atoms. The third-order valence-electron chi connectivity index (χ3n) is 1.12. The zero-order chi connectivity index (χ0) is 12.9. The van der Waals surface area contributed by atoms with Crippen LogP contribution < -0.4 is 56.8 Å². The minimum Gasteiger partial charge on any atom is -0.358 e. The summed E-state index contributed by atoms with van der Waals surface area (Å²) in [7, 11) is 0. The van der Waals surface area contributed by atoms with Crippen LogP contribution in [0.25, 0.3) is 0 Å². The van der Waals surface area contributed by atoms with Crippen LogP contribution in [0, 0.1) is 7.43 Å². The summed E-state index contributed by atoms with van der Waals surface area (Å²) in [5, 5.41) is 3.99. The fraction of sp³-hybridized carbons (Fsp3) is 0.714. The number of hydrogen-bond acceptors (Lipinski definition) is 2. The number of hydrogen-bond donors (Lipinski definition) is 1. The molecule has 0 saturated heterocycles. The Balaban J connectivity index is -0.0000000471. The van der Waals surface area contributed by atoms with Crippen LogP contribution in [0.5, 0.6) is 0 Å². The molecule has 0 saturated carbocycles. The number of hydrazone groups is 1. The Morgan fingerprint density at radius 1 is 1.06 bits per heavy atom. The topological polar surface area (TPSA) is 24.4 Å². The summed E-state index contributed by atoms with van der Waals surface area (Å²) in [6, 6.07) is 0.449. The normalized spacial score (nSPS) is 6.71. The molecule has 2 nitrogen and oxygen atoms in total. The monoisotopic (exact) mass is 268 g/mol. The largest absolute Gasteiger partial charge is 1.00 e. The fourth-order valence-corrected chi connectivity index (χ4v) is 0.258. The van der Waals surface area contributed by atoms with Crippen molar-refractivity contribution in [1.29, 1.82) is 0 Å². The van der Waals surface area contributed by atoms with E-state index in [9.17, 15) is 0 Å². The number of nitrogens with zero attached hydrogens (tertiary/aromatic N) is 1. The zero-order valence-electron chi connectivity index (χ0n) is 14.1. The summed E-state index contributed by atoms with van der Waals surface area (Å²) in [4.78, 5) is 0. The van der Waals surface area contributed by atoms with Crippen molar-refractivity contribution in [2.45, 2.75) is 68.4 Å². The van der Waals surface area contributed by atoms with Crippen molar-refractivity contribution in [1.82, 2.24) is 5.43 Å². The first-order valence-corrected chi connectivity index (χ1v) is 5.76. The summed E-state index contributed by atoms with van der Waals surface area (Å²) in [5.41, 5.74) is 5.38. The van der Waals surface area contributed by atoms with E-state index in [0.717, 1.165) is 5.71 Å². The van der Waals surface area contributed by atoms with Crippen LogP contribution in [-0.4, -0.2) is 11.8 Å². The third-order valence-corrected chi connectivity index (χ3v) is 1.12. The van der Waals surface area contributed by atoms with E-state index >= 15 is 0 Å². The van der Waals surface area contributed by atoms with Gasteiger partial charge in [0.05, 0.1) is 0 Å². The molecule has 1 N–H and O–H groups in total. The van der Waals surface area contributed by atoms with Gasteiger partial charge in [0.25, 0.3) is 0 Å². The van der Waals surface area contributed by atoms with Crippen LogP contribution in [0.3, 0.4) is 0 Å². The smallest absolute Gasteiger partial charge is 0.358 e. The van der Waals surface area contributed by atoms with Gasteiger partial charge in [-0.2, -0.15) is 5.10 Å². The van der Waals surface area contributed by atoms with Gasteiger partial charge in [0.15, 0.2) is 0 Å². The fourth-order valence-electron chi connectivity index (χ4n) is 0.258.